The summed E-state index contributed by atoms with van der Waals surface area (Å²) in [6.45, 7) is 0. The van der Waals surface area contributed by atoms with Crippen molar-refractivity contribution < 1.29 is 4.42 Å². The number of fused-ring (bicyclic) bond motifs is 1. The van der Waals surface area contributed by atoms with Crippen molar-refractivity contribution >= 4 is 27.0 Å². The van der Waals surface area contributed by atoms with Gasteiger partial charge in [-0.3, -0.25) is 5.10 Å². The van der Waals surface area contributed by atoms with Gasteiger partial charge in [-0.2, -0.15) is 5.10 Å². The first-order valence-electron chi connectivity index (χ1n) is 6.32. The molecule has 0 aliphatic carbocycles. The van der Waals surface area contributed by atoms with Gasteiger partial charge in [-0.1, -0.05) is 30.3 Å². The van der Waals surface area contributed by atoms with Crippen molar-refractivity contribution in [3.05, 3.63) is 53.5 Å². The second kappa shape index (κ2) is 4.82. The Morgan fingerprint density at radius 3 is 2.71 bits per heavy atom. The van der Waals surface area contributed by atoms with Crippen LogP contribution in [0.25, 0.3) is 33.7 Å². The highest BCUT2D eigenvalue weighted by Gasteiger charge is 2.15. The Morgan fingerprint density at radius 2 is 1.95 bits per heavy atom. The Kier molecular flexibility index (Phi) is 2.82. The number of nitrogens with one attached hydrogen (secondary N) is 1. The van der Waals surface area contributed by atoms with E-state index in [9.17, 15) is 0 Å². The van der Waals surface area contributed by atoms with Crippen LogP contribution in [0.3, 0.4) is 0 Å². The fourth-order valence-electron chi connectivity index (χ4n) is 2.25. The summed E-state index contributed by atoms with van der Waals surface area (Å²) in [4.78, 5) is 8.56. The van der Waals surface area contributed by atoms with Gasteiger partial charge in [-0.25, -0.2) is 9.97 Å². The van der Waals surface area contributed by atoms with Gasteiger partial charge in [-0.15, -0.1) is 0 Å². The third kappa shape index (κ3) is 2.04. The summed E-state index contributed by atoms with van der Waals surface area (Å²) >= 11 is 3.41. The van der Waals surface area contributed by atoms with Crippen molar-refractivity contribution in [3.8, 4) is 22.6 Å². The minimum atomic E-state index is 0.562. The highest BCUT2D eigenvalue weighted by atomic mass is 79.9. The molecule has 102 valence electrons. The van der Waals surface area contributed by atoms with Gasteiger partial charge in [0.05, 0.1) is 16.6 Å². The van der Waals surface area contributed by atoms with E-state index in [0.29, 0.717) is 10.3 Å². The fourth-order valence-corrected chi connectivity index (χ4v) is 2.66. The fraction of sp³-hybridized carbons (Fsp3) is 0. The molecular formula is C15H9BrN4O. The van der Waals surface area contributed by atoms with Crippen LogP contribution >= 0.6 is 15.9 Å². The van der Waals surface area contributed by atoms with E-state index in [1.807, 2.05) is 36.4 Å². The van der Waals surface area contributed by atoms with Crippen molar-refractivity contribution in [2.45, 2.75) is 0 Å². The van der Waals surface area contributed by atoms with Crippen LogP contribution in [0.15, 0.2) is 57.9 Å². The van der Waals surface area contributed by atoms with E-state index in [1.54, 1.807) is 6.20 Å². The van der Waals surface area contributed by atoms with Crippen LogP contribution in [0.2, 0.25) is 0 Å². The van der Waals surface area contributed by atoms with Gasteiger partial charge >= 0.3 is 0 Å². The zero-order valence-corrected chi connectivity index (χ0v) is 12.3. The molecule has 6 heteroatoms. The predicted molar refractivity (Wildman–Crippen MR) is 82.5 cm³/mol. The number of H-pyrrole nitrogens is 1. The highest BCUT2D eigenvalue weighted by molar-refractivity contribution is 9.10. The smallest absolute Gasteiger partial charge is 0.230 e. The maximum Gasteiger partial charge on any atom is 0.230 e. The molecule has 1 aromatic carbocycles. The van der Waals surface area contributed by atoms with E-state index >= 15 is 0 Å². The molecule has 1 N–H and O–H groups in total. The average molecular weight is 341 g/mol. The number of halogens is 1. The second-order valence-electron chi connectivity index (χ2n) is 4.51. The van der Waals surface area contributed by atoms with Crippen molar-refractivity contribution in [1.82, 2.24) is 20.2 Å². The molecule has 0 spiro atoms. The summed E-state index contributed by atoms with van der Waals surface area (Å²) in [7, 11) is 0. The summed E-state index contributed by atoms with van der Waals surface area (Å²) in [5.74, 6) is 0.770. The number of aromatic nitrogens is 4. The number of hydrogen-bond donors (Lipinski definition) is 1. The normalized spacial score (nSPS) is 11.1. The average Bonchev–Trinajstić information content (AvgIpc) is 3.14. The van der Waals surface area contributed by atoms with Gasteiger partial charge in [0.25, 0.3) is 0 Å². The number of benzene rings is 1. The second-order valence-corrected chi connectivity index (χ2v) is 5.26. The van der Waals surface area contributed by atoms with Crippen LogP contribution in [-0.4, -0.2) is 20.2 Å². The lowest BCUT2D eigenvalue weighted by Gasteiger charge is -1.97. The number of rotatable bonds is 2. The van der Waals surface area contributed by atoms with E-state index in [0.717, 1.165) is 28.0 Å². The van der Waals surface area contributed by atoms with Gasteiger partial charge < -0.3 is 4.42 Å². The third-order valence-corrected chi connectivity index (χ3v) is 3.84. The van der Waals surface area contributed by atoms with Crippen LogP contribution in [0.5, 0.6) is 0 Å². The van der Waals surface area contributed by atoms with Crippen LogP contribution in [0.4, 0.5) is 0 Å². The Morgan fingerprint density at radius 1 is 1.10 bits per heavy atom. The summed E-state index contributed by atoms with van der Waals surface area (Å²) < 4.78 is 6.55. The largest absolute Gasteiger partial charge is 0.438 e. The van der Waals surface area contributed by atoms with Crippen LogP contribution in [0.1, 0.15) is 0 Å². The summed E-state index contributed by atoms with van der Waals surface area (Å²) in [6.07, 6.45) is 3.29. The predicted octanol–water partition coefficient (Wildman–Crippen LogP) is 4.04. The van der Waals surface area contributed by atoms with Crippen LogP contribution in [-0.2, 0) is 0 Å². The molecule has 0 aliphatic heterocycles. The topological polar surface area (TPSA) is 67.6 Å². The zero-order valence-electron chi connectivity index (χ0n) is 10.7. The Labute approximate surface area is 128 Å². The SMILES string of the molecule is Brc1n[nH]cc1-c1ncnc2oc(-c3ccccc3)cc12. The van der Waals surface area contributed by atoms with E-state index < -0.39 is 0 Å². The van der Waals surface area contributed by atoms with Gasteiger partial charge in [-0.05, 0) is 22.0 Å². The monoisotopic (exact) mass is 340 g/mol. The summed E-state index contributed by atoms with van der Waals surface area (Å²) in [5, 5.41) is 7.74. The molecule has 0 atom stereocenters. The summed E-state index contributed by atoms with van der Waals surface area (Å²) in [5.41, 5.74) is 3.23. The lowest BCUT2D eigenvalue weighted by molar-refractivity contribution is 0.617. The van der Waals surface area contributed by atoms with E-state index in [4.69, 9.17) is 4.42 Å². The molecule has 4 aromatic rings. The molecule has 5 nitrogen and oxygen atoms in total. The molecule has 3 heterocycles. The van der Waals surface area contributed by atoms with E-state index in [-0.39, 0.29) is 0 Å². The minimum Gasteiger partial charge on any atom is -0.438 e. The molecule has 4 rings (SSSR count). The first kappa shape index (κ1) is 12.3. The molecule has 0 radical (unpaired) electrons. The van der Waals surface area contributed by atoms with E-state index in [2.05, 4.69) is 36.1 Å². The lowest BCUT2D eigenvalue weighted by atomic mass is 10.1. The summed E-state index contributed by atoms with van der Waals surface area (Å²) in [6, 6.07) is 11.9. The molecular weight excluding hydrogens is 332 g/mol. The number of aromatic amines is 1. The van der Waals surface area contributed by atoms with Gasteiger partial charge in [0.2, 0.25) is 5.71 Å². The third-order valence-electron chi connectivity index (χ3n) is 3.24. The lowest BCUT2D eigenvalue weighted by Crippen LogP contribution is -1.85. The molecule has 0 amide bonds. The van der Waals surface area contributed by atoms with Crippen LogP contribution < -0.4 is 0 Å². The first-order chi connectivity index (χ1) is 10.3. The molecule has 0 saturated heterocycles. The minimum absolute atomic E-state index is 0.562. The molecule has 0 saturated carbocycles. The van der Waals surface area contributed by atoms with Gasteiger partial charge in [0, 0.05) is 11.8 Å². The highest BCUT2D eigenvalue weighted by Crippen LogP contribution is 2.34. The number of nitrogens with zero attached hydrogens (tertiary/aromatic N) is 3. The molecule has 3 aromatic heterocycles. The van der Waals surface area contributed by atoms with Crippen molar-refractivity contribution in [2.75, 3.05) is 0 Å². The van der Waals surface area contributed by atoms with Crippen molar-refractivity contribution in [3.63, 3.8) is 0 Å². The molecule has 0 unspecified atom stereocenters. The molecule has 0 fully saturated rings. The molecule has 0 bridgehead atoms. The van der Waals surface area contributed by atoms with Gasteiger partial charge in [0.1, 0.15) is 16.7 Å². The maximum atomic E-state index is 5.84. The Hall–Kier alpha value is -2.47. The molecule has 21 heavy (non-hydrogen) atoms. The number of hydrogen-bond acceptors (Lipinski definition) is 4. The Bertz CT molecular complexity index is 914. The quantitative estimate of drug-likeness (QED) is 0.597. The number of furan rings is 1. The molecule has 0 aliphatic rings. The van der Waals surface area contributed by atoms with Gasteiger partial charge in [0.15, 0.2) is 0 Å². The maximum absolute atomic E-state index is 5.84. The Balaban J connectivity index is 1.95. The van der Waals surface area contributed by atoms with Crippen molar-refractivity contribution in [1.29, 1.82) is 0 Å². The van der Waals surface area contributed by atoms with E-state index in [1.165, 1.54) is 6.33 Å². The standard InChI is InChI=1S/C15H9BrN4O/c16-14-11(7-19-20-14)13-10-6-12(9-4-2-1-3-5-9)21-15(10)18-8-17-13/h1-8H,(H,19,20). The first-order valence-corrected chi connectivity index (χ1v) is 7.12. The van der Waals surface area contributed by atoms with Crippen molar-refractivity contribution in [2.24, 2.45) is 0 Å². The zero-order chi connectivity index (χ0) is 14.2. The van der Waals surface area contributed by atoms with Crippen LogP contribution in [0, 0.1) is 0 Å².